The molecule has 30 heavy (non-hydrogen) atoms. The summed E-state index contributed by atoms with van der Waals surface area (Å²) in [7, 11) is 0. The van der Waals surface area contributed by atoms with Gasteiger partial charge >= 0.3 is 5.69 Å². The largest absolute Gasteiger partial charge is 0.352 e. The van der Waals surface area contributed by atoms with Crippen LogP contribution in [0, 0.1) is 13.8 Å². The van der Waals surface area contributed by atoms with Crippen molar-refractivity contribution < 1.29 is 4.79 Å². The van der Waals surface area contributed by atoms with Crippen LogP contribution in [-0.2, 0) is 6.54 Å². The van der Waals surface area contributed by atoms with Crippen molar-refractivity contribution in [1.82, 2.24) is 19.7 Å². The van der Waals surface area contributed by atoms with Crippen molar-refractivity contribution in [2.24, 2.45) is 0 Å². The zero-order chi connectivity index (χ0) is 21.8. The maximum Gasteiger partial charge on any atom is 0.352 e. The normalized spacial score (nSPS) is 11.9. The molecule has 1 N–H and O–H groups in total. The lowest BCUT2D eigenvalue weighted by Gasteiger charge is -2.14. The minimum Gasteiger partial charge on any atom is -0.348 e. The summed E-state index contributed by atoms with van der Waals surface area (Å²) >= 11 is 0. The number of carbonyl (C=O) groups is 1. The quantitative estimate of drug-likeness (QED) is 0.682. The molecule has 7 nitrogen and oxygen atoms in total. The first-order valence-corrected chi connectivity index (χ1v) is 9.97. The Hall–Kier alpha value is -3.48. The molecule has 1 aromatic heterocycles. The van der Waals surface area contributed by atoms with Crippen LogP contribution in [0.5, 0.6) is 0 Å². The highest BCUT2D eigenvalue weighted by Crippen LogP contribution is 2.07. The molecule has 0 aliphatic carbocycles. The number of aromatic nitrogens is 3. The van der Waals surface area contributed by atoms with Gasteiger partial charge in [-0.3, -0.25) is 14.2 Å². The molecule has 156 valence electrons. The van der Waals surface area contributed by atoms with Gasteiger partial charge in [0.15, 0.2) is 0 Å². The molecule has 0 radical (unpaired) electrons. The number of carbonyl (C=O) groups excluding carboxylic acids is 1. The van der Waals surface area contributed by atoms with E-state index in [0.29, 0.717) is 12.1 Å². The number of benzene rings is 2. The Labute approximate surface area is 175 Å². The molecule has 0 spiro atoms. The van der Waals surface area contributed by atoms with Crippen molar-refractivity contribution in [3.8, 4) is 5.69 Å². The lowest BCUT2D eigenvalue weighted by Crippen LogP contribution is -2.47. The SMILES string of the molecule is CC[C@H](C)NC(=O)c1nn(-c2ccc(C)cc2)c(=O)n(Cc2ccc(C)cc2)c1=O. The molecule has 0 saturated carbocycles. The van der Waals surface area contributed by atoms with Gasteiger partial charge in [-0.1, -0.05) is 54.4 Å². The van der Waals surface area contributed by atoms with Gasteiger partial charge in [0.05, 0.1) is 12.2 Å². The fourth-order valence-electron chi connectivity index (χ4n) is 2.92. The smallest absolute Gasteiger partial charge is 0.348 e. The third kappa shape index (κ3) is 4.56. The van der Waals surface area contributed by atoms with Crippen molar-refractivity contribution in [1.29, 1.82) is 0 Å². The van der Waals surface area contributed by atoms with Crippen LogP contribution >= 0.6 is 0 Å². The molecule has 2 aromatic carbocycles. The molecular formula is C23H26N4O3. The number of nitrogens with one attached hydrogen (secondary N) is 1. The fourth-order valence-corrected chi connectivity index (χ4v) is 2.92. The predicted octanol–water partition coefficient (Wildman–Crippen LogP) is 2.59. The summed E-state index contributed by atoms with van der Waals surface area (Å²) in [5.74, 6) is -0.590. The molecule has 3 rings (SSSR count). The highest BCUT2D eigenvalue weighted by Gasteiger charge is 2.21. The van der Waals surface area contributed by atoms with E-state index < -0.39 is 17.2 Å². The van der Waals surface area contributed by atoms with Crippen LogP contribution in [0.1, 0.15) is 47.4 Å². The molecule has 1 amide bonds. The van der Waals surface area contributed by atoms with Crippen LogP contribution in [0.15, 0.2) is 58.1 Å². The Morgan fingerprint density at radius 3 is 2.13 bits per heavy atom. The average Bonchev–Trinajstić information content (AvgIpc) is 2.73. The second-order valence-electron chi connectivity index (χ2n) is 7.54. The molecule has 1 atom stereocenters. The van der Waals surface area contributed by atoms with Gasteiger partial charge in [-0.25, -0.2) is 4.79 Å². The first-order valence-electron chi connectivity index (χ1n) is 9.97. The van der Waals surface area contributed by atoms with Crippen molar-refractivity contribution in [2.45, 2.75) is 46.7 Å². The number of hydrogen-bond donors (Lipinski definition) is 1. The van der Waals surface area contributed by atoms with Crippen LogP contribution in [-0.4, -0.2) is 26.3 Å². The lowest BCUT2D eigenvalue weighted by molar-refractivity contribution is 0.0929. The molecule has 0 aliphatic heterocycles. The standard InChI is InChI=1S/C23H26N4O3/c1-5-17(4)24-21(28)20-22(29)26(14-18-10-6-15(2)7-11-18)23(30)27(25-20)19-12-8-16(3)9-13-19/h6-13,17H,5,14H2,1-4H3,(H,24,28)/t17-/m0/s1. The van der Waals surface area contributed by atoms with Crippen molar-refractivity contribution in [3.63, 3.8) is 0 Å². The summed E-state index contributed by atoms with van der Waals surface area (Å²) in [6.45, 7) is 7.73. The third-order valence-corrected chi connectivity index (χ3v) is 5.00. The van der Waals surface area contributed by atoms with E-state index in [4.69, 9.17) is 0 Å². The van der Waals surface area contributed by atoms with Gasteiger partial charge in [-0.15, -0.1) is 0 Å². The van der Waals surface area contributed by atoms with Crippen LogP contribution in [0.4, 0.5) is 0 Å². The number of nitrogens with zero attached hydrogens (tertiary/aromatic N) is 3. The van der Waals surface area contributed by atoms with E-state index in [1.807, 2.05) is 64.1 Å². The summed E-state index contributed by atoms with van der Waals surface area (Å²) in [4.78, 5) is 38.9. The highest BCUT2D eigenvalue weighted by atomic mass is 16.2. The van der Waals surface area contributed by atoms with E-state index in [1.54, 1.807) is 12.1 Å². The summed E-state index contributed by atoms with van der Waals surface area (Å²) in [6.07, 6.45) is 0.709. The first kappa shape index (κ1) is 21.2. The maximum absolute atomic E-state index is 13.1. The van der Waals surface area contributed by atoms with Gasteiger partial charge in [-0.2, -0.15) is 9.78 Å². The lowest BCUT2D eigenvalue weighted by atomic mass is 10.1. The van der Waals surface area contributed by atoms with Crippen molar-refractivity contribution in [2.75, 3.05) is 0 Å². The molecule has 0 unspecified atom stereocenters. The van der Waals surface area contributed by atoms with Gasteiger partial charge in [0, 0.05) is 6.04 Å². The second kappa shape index (κ2) is 8.90. The molecule has 0 fully saturated rings. The van der Waals surface area contributed by atoms with Crippen LogP contribution in [0.3, 0.4) is 0 Å². The molecule has 0 bridgehead atoms. The van der Waals surface area contributed by atoms with Crippen molar-refractivity contribution in [3.05, 3.63) is 91.8 Å². The molecule has 0 saturated heterocycles. The number of aryl methyl sites for hydroxylation is 2. The summed E-state index contributed by atoms with van der Waals surface area (Å²) in [6, 6.07) is 14.6. The fraction of sp³-hybridized carbons (Fsp3) is 0.304. The minimum absolute atomic E-state index is 0.0515. The summed E-state index contributed by atoms with van der Waals surface area (Å²) < 4.78 is 2.17. The first-order chi connectivity index (χ1) is 14.3. The third-order valence-electron chi connectivity index (χ3n) is 5.00. The maximum atomic E-state index is 13.1. The van der Waals surface area contributed by atoms with Gasteiger partial charge in [0.25, 0.3) is 11.5 Å². The number of rotatable bonds is 6. The Kier molecular flexibility index (Phi) is 6.30. The summed E-state index contributed by atoms with van der Waals surface area (Å²) in [5.41, 5.74) is 1.77. The topological polar surface area (TPSA) is 86.0 Å². The Morgan fingerprint density at radius 1 is 1.00 bits per heavy atom. The van der Waals surface area contributed by atoms with Crippen molar-refractivity contribution >= 4 is 5.91 Å². The van der Waals surface area contributed by atoms with Gasteiger partial charge in [0.2, 0.25) is 5.69 Å². The Morgan fingerprint density at radius 2 is 1.57 bits per heavy atom. The molecule has 3 aromatic rings. The molecule has 7 heteroatoms. The number of amides is 1. The summed E-state index contributed by atoms with van der Waals surface area (Å²) in [5, 5.41) is 6.90. The van der Waals surface area contributed by atoms with Gasteiger partial charge < -0.3 is 5.32 Å². The van der Waals surface area contributed by atoms with E-state index in [0.717, 1.165) is 25.9 Å². The van der Waals surface area contributed by atoms with Gasteiger partial charge in [-0.05, 0) is 44.9 Å². The Bertz CT molecular complexity index is 1160. The molecule has 0 aliphatic rings. The van der Waals surface area contributed by atoms with E-state index in [1.165, 1.54) is 0 Å². The molecule has 1 heterocycles. The van der Waals surface area contributed by atoms with E-state index in [2.05, 4.69) is 10.4 Å². The second-order valence-corrected chi connectivity index (χ2v) is 7.54. The zero-order valence-electron chi connectivity index (χ0n) is 17.7. The van der Waals surface area contributed by atoms with Crippen LogP contribution < -0.4 is 16.6 Å². The van der Waals surface area contributed by atoms with Gasteiger partial charge in [0.1, 0.15) is 0 Å². The zero-order valence-corrected chi connectivity index (χ0v) is 17.7. The number of hydrogen-bond acceptors (Lipinski definition) is 4. The minimum atomic E-state index is -0.704. The predicted molar refractivity (Wildman–Crippen MR) is 116 cm³/mol. The van der Waals surface area contributed by atoms with E-state index in [9.17, 15) is 14.4 Å². The van der Waals surface area contributed by atoms with Crippen LogP contribution in [0.25, 0.3) is 5.69 Å². The monoisotopic (exact) mass is 406 g/mol. The average molecular weight is 406 g/mol. The van der Waals surface area contributed by atoms with E-state index in [-0.39, 0.29) is 18.3 Å². The van der Waals surface area contributed by atoms with Crippen LogP contribution in [0.2, 0.25) is 0 Å². The highest BCUT2D eigenvalue weighted by molar-refractivity contribution is 5.91. The molecular weight excluding hydrogens is 380 g/mol. The van der Waals surface area contributed by atoms with E-state index >= 15 is 0 Å². The Balaban J connectivity index is 2.17.